The van der Waals surface area contributed by atoms with E-state index < -0.39 is 6.03 Å². The van der Waals surface area contributed by atoms with Crippen molar-refractivity contribution in [1.29, 1.82) is 0 Å². The van der Waals surface area contributed by atoms with Crippen LogP contribution in [0.15, 0.2) is 29.2 Å². The molecule has 94 valence electrons. The van der Waals surface area contributed by atoms with Crippen LogP contribution in [0.4, 0.5) is 15.3 Å². The maximum atomic E-state index is 12.2. The van der Waals surface area contributed by atoms with Crippen molar-refractivity contribution in [2.75, 3.05) is 11.4 Å². The summed E-state index contributed by atoms with van der Waals surface area (Å²) in [7, 11) is 0. The molecule has 1 fully saturated rings. The second kappa shape index (κ2) is 3.91. The molecule has 0 saturated carbocycles. The minimum atomic E-state index is -0.677. The third kappa shape index (κ3) is 1.49. The molecular formula is C12H13N3O2S. The molecule has 0 aliphatic carbocycles. The molecule has 0 radical (unpaired) electrons. The highest BCUT2D eigenvalue weighted by Gasteiger charge is 2.46. The van der Waals surface area contributed by atoms with Gasteiger partial charge in [0.15, 0.2) is 0 Å². The van der Waals surface area contributed by atoms with Gasteiger partial charge in [0.25, 0.3) is 0 Å². The van der Waals surface area contributed by atoms with E-state index in [1.54, 1.807) is 16.7 Å². The molecule has 1 aromatic carbocycles. The Morgan fingerprint density at radius 3 is 2.89 bits per heavy atom. The topological polar surface area (TPSA) is 66.6 Å². The number of benzene rings is 1. The Balaban J connectivity index is 2.07. The number of amides is 4. The van der Waals surface area contributed by atoms with Gasteiger partial charge in [-0.15, -0.1) is 11.8 Å². The summed E-state index contributed by atoms with van der Waals surface area (Å²) in [6.45, 7) is 2.44. The first-order chi connectivity index (χ1) is 8.59. The summed E-state index contributed by atoms with van der Waals surface area (Å²) >= 11 is 1.73. The predicted octanol–water partition coefficient (Wildman–Crippen LogP) is 1.87. The monoisotopic (exact) mass is 263 g/mol. The number of carbonyl (C=O) groups excluding carboxylic acids is 2. The molecule has 2 atom stereocenters. The van der Waals surface area contributed by atoms with Crippen molar-refractivity contribution >= 4 is 29.5 Å². The molecule has 1 saturated heterocycles. The lowest BCUT2D eigenvalue weighted by Gasteiger charge is -2.34. The molecule has 5 nitrogen and oxygen atoms in total. The largest absolute Gasteiger partial charge is 0.351 e. The van der Waals surface area contributed by atoms with Gasteiger partial charge in [-0.3, -0.25) is 4.90 Å². The van der Waals surface area contributed by atoms with E-state index in [4.69, 9.17) is 5.73 Å². The smallest absolute Gasteiger partial charge is 0.333 e. The third-order valence-corrected chi connectivity index (χ3v) is 4.67. The van der Waals surface area contributed by atoms with Gasteiger partial charge in [-0.25, -0.2) is 14.5 Å². The van der Waals surface area contributed by atoms with Crippen LogP contribution in [-0.2, 0) is 0 Å². The van der Waals surface area contributed by atoms with Crippen molar-refractivity contribution in [2.24, 2.45) is 5.73 Å². The Hall–Kier alpha value is -1.69. The van der Waals surface area contributed by atoms with Crippen LogP contribution in [0.3, 0.4) is 0 Å². The van der Waals surface area contributed by atoms with E-state index in [9.17, 15) is 9.59 Å². The number of anilines is 1. The molecule has 2 aliphatic heterocycles. The van der Waals surface area contributed by atoms with E-state index in [1.165, 1.54) is 0 Å². The van der Waals surface area contributed by atoms with Crippen LogP contribution >= 0.6 is 11.8 Å². The standard InChI is InChI=1S/C12H13N3O2S/c1-7-9-6-14(11(13)16)12(17)15(9)8-4-2-3-5-10(8)18-7/h2-5,7,9H,6H2,1H3,(H2,13,16). The number of thioether (sulfide) groups is 1. The highest BCUT2D eigenvalue weighted by atomic mass is 32.2. The first kappa shape index (κ1) is 11.4. The first-order valence-electron chi connectivity index (χ1n) is 5.75. The van der Waals surface area contributed by atoms with Crippen LogP contribution in [-0.4, -0.2) is 34.8 Å². The summed E-state index contributed by atoms with van der Waals surface area (Å²) in [6.07, 6.45) is 0. The van der Waals surface area contributed by atoms with E-state index >= 15 is 0 Å². The van der Waals surface area contributed by atoms with Gasteiger partial charge >= 0.3 is 12.1 Å². The van der Waals surface area contributed by atoms with E-state index in [-0.39, 0.29) is 17.3 Å². The van der Waals surface area contributed by atoms with Gasteiger partial charge in [-0.1, -0.05) is 19.1 Å². The van der Waals surface area contributed by atoms with Crippen molar-refractivity contribution in [1.82, 2.24) is 4.90 Å². The molecule has 0 bridgehead atoms. The first-order valence-corrected chi connectivity index (χ1v) is 6.63. The van der Waals surface area contributed by atoms with Crippen molar-refractivity contribution in [3.8, 4) is 0 Å². The van der Waals surface area contributed by atoms with Gasteiger partial charge in [-0.2, -0.15) is 0 Å². The maximum absolute atomic E-state index is 12.2. The Labute approximate surface area is 109 Å². The van der Waals surface area contributed by atoms with E-state index in [2.05, 4.69) is 6.92 Å². The summed E-state index contributed by atoms with van der Waals surface area (Å²) in [5.41, 5.74) is 6.11. The highest BCUT2D eigenvalue weighted by molar-refractivity contribution is 8.00. The third-order valence-electron chi connectivity index (χ3n) is 3.38. The lowest BCUT2D eigenvalue weighted by molar-refractivity contribution is 0.206. The number of para-hydroxylation sites is 1. The van der Waals surface area contributed by atoms with Crippen LogP contribution in [0.25, 0.3) is 0 Å². The predicted molar refractivity (Wildman–Crippen MR) is 69.7 cm³/mol. The average molecular weight is 263 g/mol. The van der Waals surface area contributed by atoms with Crippen molar-refractivity contribution in [3.05, 3.63) is 24.3 Å². The van der Waals surface area contributed by atoms with Gasteiger partial charge in [0.2, 0.25) is 0 Å². The summed E-state index contributed by atoms with van der Waals surface area (Å²) in [5.74, 6) is 0. The lowest BCUT2D eigenvalue weighted by atomic mass is 10.1. The van der Waals surface area contributed by atoms with Crippen molar-refractivity contribution in [3.63, 3.8) is 0 Å². The second-order valence-electron chi connectivity index (χ2n) is 4.46. The van der Waals surface area contributed by atoms with Crippen LogP contribution in [0, 0.1) is 0 Å². The summed E-state index contributed by atoms with van der Waals surface area (Å²) in [5, 5.41) is 0.244. The van der Waals surface area contributed by atoms with Crippen LogP contribution in [0.1, 0.15) is 6.92 Å². The number of carbonyl (C=O) groups is 2. The number of nitrogens with two attached hydrogens (primary N) is 1. The summed E-state index contributed by atoms with van der Waals surface area (Å²) in [6, 6.07) is 6.76. The van der Waals surface area contributed by atoms with Gasteiger partial charge in [-0.05, 0) is 12.1 Å². The molecule has 18 heavy (non-hydrogen) atoms. The fraction of sp³-hybridized carbons (Fsp3) is 0.333. The molecule has 2 aliphatic rings. The molecule has 3 rings (SSSR count). The van der Waals surface area contributed by atoms with Crippen LogP contribution in [0.5, 0.6) is 0 Å². The van der Waals surface area contributed by atoms with Crippen LogP contribution in [0.2, 0.25) is 0 Å². The highest BCUT2D eigenvalue weighted by Crippen LogP contribution is 2.44. The molecule has 1 aromatic rings. The quantitative estimate of drug-likeness (QED) is 0.777. The zero-order valence-corrected chi connectivity index (χ0v) is 10.7. The number of hydrogen-bond acceptors (Lipinski definition) is 3. The Morgan fingerprint density at radius 2 is 2.17 bits per heavy atom. The summed E-state index contributed by atoms with van der Waals surface area (Å²) in [4.78, 5) is 27.4. The molecular weight excluding hydrogens is 250 g/mol. The van der Waals surface area contributed by atoms with Crippen molar-refractivity contribution < 1.29 is 9.59 Å². The number of fused-ring (bicyclic) bond motifs is 3. The number of primary amides is 1. The van der Waals surface area contributed by atoms with Gasteiger partial charge in [0.05, 0.1) is 18.3 Å². The number of imide groups is 1. The molecule has 0 spiro atoms. The Kier molecular flexibility index (Phi) is 2.48. The Morgan fingerprint density at radius 1 is 1.44 bits per heavy atom. The fourth-order valence-corrected chi connectivity index (χ4v) is 3.69. The zero-order chi connectivity index (χ0) is 12.9. The van der Waals surface area contributed by atoms with E-state index in [0.29, 0.717) is 6.54 Å². The number of nitrogens with zero attached hydrogens (tertiary/aromatic N) is 2. The molecule has 4 amide bonds. The van der Waals surface area contributed by atoms with Crippen molar-refractivity contribution in [2.45, 2.75) is 23.1 Å². The zero-order valence-electron chi connectivity index (χ0n) is 9.87. The van der Waals surface area contributed by atoms with Crippen LogP contribution < -0.4 is 10.6 Å². The lowest BCUT2D eigenvalue weighted by Crippen LogP contribution is -2.43. The molecule has 0 aromatic heterocycles. The van der Waals surface area contributed by atoms with E-state index in [1.807, 2.05) is 24.3 Å². The average Bonchev–Trinajstić information content (AvgIpc) is 2.69. The minimum absolute atomic E-state index is 0.00454. The maximum Gasteiger partial charge on any atom is 0.333 e. The Bertz CT molecular complexity index is 534. The normalized spacial score (nSPS) is 25.9. The SMILES string of the molecule is CC1Sc2ccccc2N2C(=O)N(C(N)=O)CC12. The molecule has 2 heterocycles. The number of hydrogen-bond donors (Lipinski definition) is 1. The number of rotatable bonds is 0. The van der Waals surface area contributed by atoms with Gasteiger partial charge in [0, 0.05) is 10.1 Å². The fourth-order valence-electron chi connectivity index (χ4n) is 2.48. The van der Waals surface area contributed by atoms with Gasteiger partial charge in [0.1, 0.15) is 0 Å². The second-order valence-corrected chi connectivity index (χ2v) is 5.88. The van der Waals surface area contributed by atoms with Gasteiger partial charge < -0.3 is 5.73 Å². The minimum Gasteiger partial charge on any atom is -0.351 e. The van der Waals surface area contributed by atoms with E-state index in [0.717, 1.165) is 15.5 Å². The molecule has 2 unspecified atom stereocenters. The molecule has 6 heteroatoms. The summed E-state index contributed by atoms with van der Waals surface area (Å²) < 4.78 is 0. The molecule has 2 N–H and O–H groups in total. The number of urea groups is 2.